The van der Waals surface area contributed by atoms with Crippen LogP contribution in [0.4, 0.5) is 5.82 Å². The summed E-state index contributed by atoms with van der Waals surface area (Å²) in [6.45, 7) is 0.958. The number of rotatable bonds is 5. The SMILES string of the molecule is CS(=O)(=O)c1cc(C#N)c(N2CCN(S(=O)(=O)c3ccc(Cl)cc3)CC2)nc1-c1ccccc1. The fraction of sp³-hybridized carbons (Fsp3) is 0.217. The zero-order valence-corrected chi connectivity index (χ0v) is 20.6. The van der Waals surface area contributed by atoms with Crippen molar-refractivity contribution in [3.05, 3.63) is 71.2 Å². The molecule has 0 N–H and O–H groups in total. The Morgan fingerprint density at radius 2 is 1.56 bits per heavy atom. The van der Waals surface area contributed by atoms with Crippen LogP contribution < -0.4 is 4.90 Å². The maximum absolute atomic E-state index is 13.0. The number of nitrogens with zero attached hydrogens (tertiary/aromatic N) is 4. The van der Waals surface area contributed by atoms with Gasteiger partial charge in [0.25, 0.3) is 0 Å². The molecule has 1 saturated heterocycles. The predicted molar refractivity (Wildman–Crippen MR) is 130 cm³/mol. The fourth-order valence-electron chi connectivity index (χ4n) is 3.79. The van der Waals surface area contributed by atoms with Crippen LogP contribution in [0.1, 0.15) is 5.56 Å². The van der Waals surface area contributed by atoms with E-state index in [-0.39, 0.29) is 34.1 Å². The third-order valence-corrected chi connectivity index (χ3v) is 8.80. The molecule has 0 spiro atoms. The van der Waals surface area contributed by atoms with E-state index in [4.69, 9.17) is 11.6 Å². The molecule has 3 aromatic rings. The van der Waals surface area contributed by atoms with E-state index in [9.17, 15) is 22.1 Å². The molecule has 0 atom stereocenters. The molecular weight excluding hydrogens is 496 g/mol. The van der Waals surface area contributed by atoms with Crippen molar-refractivity contribution in [2.24, 2.45) is 0 Å². The molecule has 0 amide bonds. The number of anilines is 1. The van der Waals surface area contributed by atoms with Crippen LogP contribution >= 0.6 is 11.6 Å². The summed E-state index contributed by atoms with van der Waals surface area (Å²) >= 11 is 5.87. The minimum absolute atomic E-state index is 0.0250. The molecule has 4 rings (SSSR count). The van der Waals surface area contributed by atoms with E-state index >= 15 is 0 Å². The highest BCUT2D eigenvalue weighted by atomic mass is 35.5. The molecule has 1 aliphatic rings. The van der Waals surface area contributed by atoms with Gasteiger partial charge in [0.05, 0.1) is 21.0 Å². The molecule has 0 bridgehead atoms. The second kappa shape index (κ2) is 9.35. The van der Waals surface area contributed by atoms with E-state index in [0.717, 1.165) is 6.26 Å². The lowest BCUT2D eigenvalue weighted by Crippen LogP contribution is -2.49. The quantitative estimate of drug-likeness (QED) is 0.512. The van der Waals surface area contributed by atoms with Crippen molar-refractivity contribution in [2.75, 3.05) is 37.3 Å². The standard InChI is InChI=1S/C23H21ClN4O4S2/c1-33(29,30)21-15-18(16-25)23(26-22(21)17-5-3-2-4-6-17)27-11-13-28(14-12-27)34(31,32)20-9-7-19(24)8-10-20/h2-10,15H,11-14H2,1H3. The smallest absolute Gasteiger partial charge is 0.243 e. The first-order valence-electron chi connectivity index (χ1n) is 10.3. The van der Waals surface area contributed by atoms with Gasteiger partial charge in [0.15, 0.2) is 9.84 Å². The van der Waals surface area contributed by atoms with Gasteiger partial charge >= 0.3 is 0 Å². The number of sulfonamides is 1. The zero-order chi connectivity index (χ0) is 24.5. The van der Waals surface area contributed by atoms with Crippen molar-refractivity contribution < 1.29 is 16.8 Å². The van der Waals surface area contributed by atoms with Crippen LogP contribution in [0.25, 0.3) is 11.3 Å². The van der Waals surface area contributed by atoms with Gasteiger partial charge in [-0.15, -0.1) is 0 Å². The van der Waals surface area contributed by atoms with Crippen molar-refractivity contribution in [2.45, 2.75) is 9.79 Å². The van der Waals surface area contributed by atoms with Crippen molar-refractivity contribution in [1.82, 2.24) is 9.29 Å². The summed E-state index contributed by atoms with van der Waals surface area (Å²) in [5.41, 5.74) is 0.986. The van der Waals surface area contributed by atoms with Gasteiger partial charge in [-0.1, -0.05) is 41.9 Å². The van der Waals surface area contributed by atoms with Gasteiger partial charge in [0.2, 0.25) is 10.0 Å². The number of hydrogen-bond donors (Lipinski definition) is 0. The van der Waals surface area contributed by atoms with Gasteiger partial charge in [-0.25, -0.2) is 21.8 Å². The van der Waals surface area contributed by atoms with Gasteiger partial charge in [-0.2, -0.15) is 9.57 Å². The van der Waals surface area contributed by atoms with Crippen LogP contribution in [0.3, 0.4) is 0 Å². The predicted octanol–water partition coefficient (Wildman–Crippen LogP) is 3.19. The fourth-order valence-corrected chi connectivity index (χ4v) is 6.18. The highest BCUT2D eigenvalue weighted by molar-refractivity contribution is 7.90. The maximum Gasteiger partial charge on any atom is 0.243 e. The molecule has 0 radical (unpaired) electrons. The Morgan fingerprint density at radius 3 is 2.12 bits per heavy atom. The number of hydrogen-bond acceptors (Lipinski definition) is 7. The highest BCUT2D eigenvalue weighted by Gasteiger charge is 2.31. The summed E-state index contributed by atoms with van der Waals surface area (Å²) in [7, 11) is -7.35. The molecule has 8 nitrogen and oxygen atoms in total. The van der Waals surface area contributed by atoms with E-state index in [1.165, 1.54) is 34.6 Å². The maximum atomic E-state index is 13.0. The molecule has 1 fully saturated rings. The molecule has 1 aliphatic heterocycles. The normalized spacial score (nSPS) is 15.1. The third kappa shape index (κ3) is 4.79. The molecule has 11 heteroatoms. The Labute approximate surface area is 204 Å². The second-order valence-electron chi connectivity index (χ2n) is 7.80. The molecule has 2 aromatic carbocycles. The lowest BCUT2D eigenvalue weighted by molar-refractivity contribution is 0.383. The monoisotopic (exact) mass is 516 g/mol. The lowest BCUT2D eigenvalue weighted by Gasteiger charge is -2.35. The van der Waals surface area contributed by atoms with Crippen molar-refractivity contribution >= 4 is 37.3 Å². The van der Waals surface area contributed by atoms with E-state index in [1.54, 1.807) is 24.3 Å². The van der Waals surface area contributed by atoms with E-state index in [0.29, 0.717) is 29.5 Å². The summed E-state index contributed by atoms with van der Waals surface area (Å²) in [4.78, 5) is 6.54. The summed E-state index contributed by atoms with van der Waals surface area (Å²) in [6, 6.07) is 18.3. The minimum atomic E-state index is -3.69. The molecule has 1 aromatic heterocycles. The number of sulfone groups is 1. The van der Waals surface area contributed by atoms with Crippen LogP contribution in [-0.4, -0.2) is 58.6 Å². The Hall–Kier alpha value is -2.97. The summed E-state index contributed by atoms with van der Waals surface area (Å²) < 4.78 is 52.2. The van der Waals surface area contributed by atoms with Crippen molar-refractivity contribution in [3.63, 3.8) is 0 Å². The number of piperazine rings is 1. The Balaban J connectivity index is 1.67. The molecule has 0 aliphatic carbocycles. The first-order valence-corrected chi connectivity index (χ1v) is 14.0. The van der Waals surface area contributed by atoms with Crippen LogP contribution in [0.5, 0.6) is 0 Å². The second-order valence-corrected chi connectivity index (χ2v) is 12.2. The largest absolute Gasteiger partial charge is 0.353 e. The Bertz CT molecular complexity index is 1460. The van der Waals surface area contributed by atoms with E-state index in [1.807, 2.05) is 17.0 Å². The molecular formula is C23H21ClN4O4S2. The summed E-state index contributed by atoms with van der Waals surface area (Å²) in [5, 5.41) is 10.2. The molecule has 0 saturated carbocycles. The van der Waals surface area contributed by atoms with Crippen LogP contribution in [0, 0.1) is 11.3 Å². The van der Waals surface area contributed by atoms with Gasteiger partial charge in [-0.3, -0.25) is 0 Å². The third-order valence-electron chi connectivity index (χ3n) is 5.52. The number of pyridine rings is 1. The average molecular weight is 517 g/mol. The minimum Gasteiger partial charge on any atom is -0.353 e. The van der Waals surface area contributed by atoms with Gasteiger partial charge in [-0.05, 0) is 30.3 Å². The molecule has 176 valence electrons. The van der Waals surface area contributed by atoms with Crippen molar-refractivity contribution in [3.8, 4) is 17.3 Å². The van der Waals surface area contributed by atoms with Gasteiger partial charge < -0.3 is 4.90 Å². The number of halogens is 1. The highest BCUT2D eigenvalue weighted by Crippen LogP contribution is 2.32. The first-order chi connectivity index (χ1) is 16.1. The van der Waals surface area contributed by atoms with Crippen LogP contribution in [0.15, 0.2) is 70.5 Å². The topological polar surface area (TPSA) is 111 Å². The lowest BCUT2D eigenvalue weighted by atomic mass is 10.1. The molecule has 34 heavy (non-hydrogen) atoms. The first kappa shape index (κ1) is 24.2. The van der Waals surface area contributed by atoms with Crippen LogP contribution in [-0.2, 0) is 19.9 Å². The Kier molecular flexibility index (Phi) is 6.64. The average Bonchev–Trinajstić information content (AvgIpc) is 2.83. The van der Waals surface area contributed by atoms with E-state index < -0.39 is 19.9 Å². The van der Waals surface area contributed by atoms with Gasteiger partial charge in [0.1, 0.15) is 11.9 Å². The summed E-state index contributed by atoms with van der Waals surface area (Å²) in [6.07, 6.45) is 1.08. The van der Waals surface area contributed by atoms with Crippen LogP contribution in [0.2, 0.25) is 5.02 Å². The number of aromatic nitrogens is 1. The number of benzene rings is 2. The number of nitriles is 1. The summed E-state index contributed by atoms with van der Waals surface area (Å²) in [5.74, 6) is 0.331. The van der Waals surface area contributed by atoms with Gasteiger partial charge in [0, 0.05) is 43.0 Å². The van der Waals surface area contributed by atoms with E-state index in [2.05, 4.69) is 4.98 Å². The Morgan fingerprint density at radius 1 is 0.941 bits per heavy atom. The molecule has 2 heterocycles. The zero-order valence-electron chi connectivity index (χ0n) is 18.2. The molecule has 0 unspecified atom stereocenters. The van der Waals surface area contributed by atoms with Crippen molar-refractivity contribution in [1.29, 1.82) is 5.26 Å².